The maximum absolute atomic E-state index is 6.21. The minimum Gasteiger partial charge on any atom is -0.487 e. The second kappa shape index (κ2) is 14.0. The summed E-state index contributed by atoms with van der Waals surface area (Å²) < 4.78 is 8.67. The lowest BCUT2D eigenvalue weighted by molar-refractivity contribution is 0.0884. The molecule has 46 heavy (non-hydrogen) atoms. The molecule has 1 unspecified atom stereocenters. The van der Waals surface area contributed by atoms with Gasteiger partial charge in [-0.3, -0.25) is 4.90 Å². The minimum atomic E-state index is -0.342. The van der Waals surface area contributed by atoms with Gasteiger partial charge in [-0.2, -0.15) is 0 Å². The molecule has 4 heteroatoms. The fraction of sp³-hybridized carbons (Fsp3) is 0.238. The van der Waals surface area contributed by atoms with Gasteiger partial charge in [0, 0.05) is 23.6 Å². The van der Waals surface area contributed by atoms with Gasteiger partial charge in [-0.15, -0.1) is 0 Å². The smallest absolute Gasteiger partial charge is 0.128 e. The average Bonchev–Trinajstić information content (AvgIpc) is 3.47. The number of halogens is 1. The van der Waals surface area contributed by atoms with Crippen molar-refractivity contribution in [3.63, 3.8) is 0 Å². The predicted molar refractivity (Wildman–Crippen MR) is 190 cm³/mol. The molecule has 0 aliphatic carbocycles. The fourth-order valence-corrected chi connectivity index (χ4v) is 7.69. The van der Waals surface area contributed by atoms with Gasteiger partial charge in [-0.25, -0.2) is 0 Å². The van der Waals surface area contributed by atoms with E-state index in [2.05, 4.69) is 131 Å². The van der Waals surface area contributed by atoms with Crippen LogP contribution in [0.4, 0.5) is 0 Å². The molecule has 7 rings (SSSR count). The lowest BCUT2D eigenvalue weighted by atomic mass is 9.74. The third-order valence-electron chi connectivity index (χ3n) is 9.66. The zero-order chi connectivity index (χ0) is 31.2. The zero-order valence-electron chi connectivity index (χ0n) is 26.3. The highest BCUT2D eigenvalue weighted by atomic mass is 35.5. The van der Waals surface area contributed by atoms with Crippen molar-refractivity contribution in [3.05, 3.63) is 173 Å². The van der Waals surface area contributed by atoms with Crippen molar-refractivity contribution < 1.29 is 4.74 Å². The normalized spacial score (nSPS) is 15.6. The number of piperidine rings is 1. The van der Waals surface area contributed by atoms with E-state index in [1.54, 1.807) is 0 Å². The summed E-state index contributed by atoms with van der Waals surface area (Å²) in [4.78, 5) is 2.78. The number of rotatable bonds is 11. The molecule has 6 aromatic rings. The van der Waals surface area contributed by atoms with E-state index < -0.39 is 0 Å². The summed E-state index contributed by atoms with van der Waals surface area (Å²) in [6, 6.07) is 52.0. The van der Waals surface area contributed by atoms with Crippen molar-refractivity contribution in [1.29, 1.82) is 0 Å². The lowest BCUT2D eigenvalue weighted by Gasteiger charge is -2.49. The maximum Gasteiger partial charge on any atom is 0.128 e. The summed E-state index contributed by atoms with van der Waals surface area (Å²) >= 11 is 6.09. The van der Waals surface area contributed by atoms with Crippen molar-refractivity contribution in [3.8, 4) is 5.75 Å². The molecule has 1 saturated heterocycles. The van der Waals surface area contributed by atoms with Crippen LogP contribution >= 0.6 is 11.6 Å². The first kappa shape index (κ1) is 30.3. The molecule has 0 bridgehead atoms. The number of aryl methyl sites for hydroxylation is 1. The molecule has 0 N–H and O–H groups in total. The first-order valence-electron chi connectivity index (χ1n) is 16.6. The summed E-state index contributed by atoms with van der Waals surface area (Å²) in [5, 5.41) is 1.98. The Bertz CT molecular complexity index is 1740. The van der Waals surface area contributed by atoms with Crippen LogP contribution in [0, 0.1) is 5.92 Å². The number of benzene rings is 5. The van der Waals surface area contributed by atoms with E-state index in [1.807, 2.05) is 24.3 Å². The molecule has 0 saturated carbocycles. The van der Waals surface area contributed by atoms with E-state index in [1.165, 1.54) is 52.5 Å². The highest BCUT2D eigenvalue weighted by molar-refractivity contribution is 6.30. The molecule has 0 radical (unpaired) electrons. The Morgan fingerprint density at radius 2 is 1.28 bits per heavy atom. The van der Waals surface area contributed by atoms with Crippen molar-refractivity contribution in [1.82, 2.24) is 9.47 Å². The highest BCUT2D eigenvalue weighted by Crippen LogP contribution is 2.44. The third kappa shape index (κ3) is 6.23. The van der Waals surface area contributed by atoms with Crippen molar-refractivity contribution in [2.75, 3.05) is 13.1 Å². The molecule has 3 nitrogen and oxygen atoms in total. The standard InChI is InChI=1S/C42H41ClN2O/c43-38-24-26-40(27-25-38)46-32-39-30-34-16-10-11-23-41(34)45(39)29-13-15-33-14-12-28-44(31-33)42(35-17-4-1-5-18-35,36-19-6-2-7-20-36)37-21-8-3-9-22-37/h1-11,16-27,30,33H,12-15,28-29,31-32H2. The highest BCUT2D eigenvalue weighted by Gasteiger charge is 2.43. The first-order chi connectivity index (χ1) is 22.7. The third-order valence-corrected chi connectivity index (χ3v) is 9.91. The average molecular weight is 625 g/mol. The van der Waals surface area contributed by atoms with Crippen molar-refractivity contribution >= 4 is 22.5 Å². The molecule has 5 aromatic carbocycles. The van der Waals surface area contributed by atoms with Crippen LogP contribution in [-0.2, 0) is 18.7 Å². The van der Waals surface area contributed by atoms with E-state index in [-0.39, 0.29) is 5.54 Å². The Morgan fingerprint density at radius 3 is 1.91 bits per heavy atom. The van der Waals surface area contributed by atoms with Crippen LogP contribution in [0.3, 0.4) is 0 Å². The number of hydrogen-bond donors (Lipinski definition) is 0. The van der Waals surface area contributed by atoms with Crippen molar-refractivity contribution in [2.45, 2.75) is 44.4 Å². The second-order valence-electron chi connectivity index (χ2n) is 12.5. The summed E-state index contributed by atoms with van der Waals surface area (Å²) in [7, 11) is 0. The molecular weight excluding hydrogens is 584 g/mol. The summed E-state index contributed by atoms with van der Waals surface area (Å²) in [6.45, 7) is 3.65. The molecular formula is C42H41ClN2O. The van der Waals surface area contributed by atoms with Crippen LogP contribution in [0.1, 0.15) is 48.1 Å². The number of ether oxygens (including phenoxy) is 1. The van der Waals surface area contributed by atoms with Gasteiger partial charge in [0.15, 0.2) is 0 Å². The number of fused-ring (bicyclic) bond motifs is 1. The lowest BCUT2D eigenvalue weighted by Crippen LogP contribution is -2.52. The summed E-state index contributed by atoms with van der Waals surface area (Å²) in [5.74, 6) is 1.46. The van der Waals surface area contributed by atoms with Gasteiger partial charge in [-0.1, -0.05) is 121 Å². The van der Waals surface area contributed by atoms with Crippen LogP contribution < -0.4 is 4.74 Å². The number of hydrogen-bond acceptors (Lipinski definition) is 2. The Balaban J connectivity index is 1.13. The Morgan fingerprint density at radius 1 is 0.696 bits per heavy atom. The van der Waals surface area contributed by atoms with E-state index in [9.17, 15) is 0 Å². The molecule has 0 amide bonds. The van der Waals surface area contributed by atoms with Crippen LogP contribution in [0.5, 0.6) is 5.75 Å². The molecule has 232 valence electrons. The molecule has 0 spiro atoms. The Kier molecular flexibility index (Phi) is 9.23. The van der Waals surface area contributed by atoms with Gasteiger partial charge in [0.25, 0.3) is 0 Å². The summed E-state index contributed by atoms with van der Waals surface area (Å²) in [5.41, 5.74) is 6.13. The zero-order valence-corrected chi connectivity index (χ0v) is 27.0. The van der Waals surface area contributed by atoms with Gasteiger partial charge in [-0.05, 0) is 96.6 Å². The van der Waals surface area contributed by atoms with E-state index >= 15 is 0 Å². The molecule has 1 aromatic heterocycles. The largest absolute Gasteiger partial charge is 0.487 e. The first-order valence-corrected chi connectivity index (χ1v) is 17.0. The minimum absolute atomic E-state index is 0.342. The predicted octanol–water partition coefficient (Wildman–Crippen LogP) is 10.4. The van der Waals surface area contributed by atoms with Gasteiger partial charge in [0.05, 0.1) is 11.2 Å². The molecule has 1 fully saturated rings. The van der Waals surface area contributed by atoms with Crippen LogP contribution in [0.15, 0.2) is 146 Å². The van der Waals surface area contributed by atoms with Gasteiger partial charge in [0.2, 0.25) is 0 Å². The van der Waals surface area contributed by atoms with E-state index in [4.69, 9.17) is 16.3 Å². The van der Waals surface area contributed by atoms with E-state index in [0.29, 0.717) is 12.5 Å². The Hall–Kier alpha value is -4.31. The Labute approximate surface area is 278 Å². The maximum atomic E-state index is 6.21. The topological polar surface area (TPSA) is 17.4 Å². The monoisotopic (exact) mass is 624 g/mol. The molecule has 1 aliphatic rings. The number of nitrogens with zero attached hydrogens (tertiary/aromatic N) is 2. The van der Waals surface area contributed by atoms with E-state index in [0.717, 1.165) is 36.8 Å². The second-order valence-corrected chi connectivity index (χ2v) is 12.9. The van der Waals surface area contributed by atoms with Gasteiger partial charge >= 0.3 is 0 Å². The quantitative estimate of drug-likeness (QED) is 0.133. The molecule has 1 aliphatic heterocycles. The van der Waals surface area contributed by atoms with Crippen LogP contribution in [-0.4, -0.2) is 22.6 Å². The SMILES string of the molecule is Clc1ccc(OCc2cc3ccccc3n2CCCC2CCCN(C(c3ccccc3)(c3ccccc3)c3ccccc3)C2)cc1. The van der Waals surface area contributed by atoms with Gasteiger partial charge < -0.3 is 9.30 Å². The number of para-hydroxylation sites is 1. The van der Waals surface area contributed by atoms with Crippen molar-refractivity contribution in [2.24, 2.45) is 5.92 Å². The number of likely N-dealkylation sites (tertiary alicyclic amines) is 1. The van der Waals surface area contributed by atoms with Gasteiger partial charge in [0.1, 0.15) is 12.4 Å². The molecule has 2 heterocycles. The summed E-state index contributed by atoms with van der Waals surface area (Å²) in [6.07, 6.45) is 4.78. The molecule has 1 atom stereocenters. The number of aromatic nitrogens is 1. The van der Waals surface area contributed by atoms with Crippen LogP contribution in [0.2, 0.25) is 5.02 Å². The van der Waals surface area contributed by atoms with Crippen LogP contribution in [0.25, 0.3) is 10.9 Å². The fourth-order valence-electron chi connectivity index (χ4n) is 7.57.